The molecule has 0 aliphatic carbocycles. The summed E-state index contributed by atoms with van der Waals surface area (Å²) in [5.41, 5.74) is 1.65. The molecule has 0 radical (unpaired) electrons. The highest BCUT2D eigenvalue weighted by Crippen LogP contribution is 2.18. The molecule has 0 unspecified atom stereocenters. The van der Waals surface area contributed by atoms with E-state index in [0.29, 0.717) is 13.2 Å². The van der Waals surface area contributed by atoms with Gasteiger partial charge in [-0.2, -0.15) is 0 Å². The van der Waals surface area contributed by atoms with Crippen molar-refractivity contribution in [1.29, 1.82) is 0 Å². The number of aliphatic imine (C=N–C) groups is 1. The Hall–Kier alpha value is -0.930. The third kappa shape index (κ3) is 1.47. The number of hydrogen-bond acceptors (Lipinski definition) is 3. The zero-order chi connectivity index (χ0) is 7.68. The minimum Gasteiger partial charge on any atom is -0.373 e. The van der Waals surface area contributed by atoms with Crippen molar-refractivity contribution in [3.63, 3.8) is 0 Å². The van der Waals surface area contributed by atoms with Crippen LogP contribution in [-0.4, -0.2) is 25.2 Å². The second-order valence-electron chi connectivity index (χ2n) is 2.43. The van der Waals surface area contributed by atoms with E-state index in [4.69, 9.17) is 4.74 Å². The lowest BCUT2D eigenvalue weighted by Gasteiger charge is -2.16. The molecule has 0 amide bonds. The van der Waals surface area contributed by atoms with Crippen LogP contribution in [0.3, 0.4) is 0 Å². The maximum atomic E-state index is 11.1. The number of ketones is 1. The Morgan fingerprint density at radius 1 is 1.50 bits per heavy atom. The summed E-state index contributed by atoms with van der Waals surface area (Å²) in [6, 6.07) is 0. The third-order valence-corrected chi connectivity index (χ3v) is 1.70. The predicted octanol–water partition coefficient (Wildman–Crippen LogP) is 0.902. The predicted molar refractivity (Wildman–Crippen MR) is 47.7 cm³/mol. The zero-order valence-corrected chi connectivity index (χ0v) is 7.13. The van der Waals surface area contributed by atoms with Crippen molar-refractivity contribution in [3.05, 3.63) is 23.4 Å². The first kappa shape index (κ1) is 9.16. The fourth-order valence-corrected chi connectivity index (χ4v) is 1.15. The lowest BCUT2D eigenvalue weighted by atomic mass is 10.0. The molecule has 0 N–H and O–H groups in total. The fourth-order valence-electron chi connectivity index (χ4n) is 1.15. The molecule has 0 atom stereocenters. The van der Waals surface area contributed by atoms with Gasteiger partial charge in [-0.3, -0.25) is 9.79 Å². The summed E-state index contributed by atoms with van der Waals surface area (Å²) in [7, 11) is 0. The third-order valence-electron chi connectivity index (χ3n) is 1.70. The number of carbonyl (C=O) groups is 1. The molecule has 2 heterocycles. The second-order valence-corrected chi connectivity index (χ2v) is 2.43. The maximum absolute atomic E-state index is 11.1. The van der Waals surface area contributed by atoms with Crippen molar-refractivity contribution >= 4 is 24.4 Å². The first-order chi connectivity index (χ1) is 5.38. The van der Waals surface area contributed by atoms with Crippen LogP contribution in [0.4, 0.5) is 0 Å². The van der Waals surface area contributed by atoms with Gasteiger partial charge in [-0.05, 0) is 6.08 Å². The Morgan fingerprint density at radius 2 is 2.33 bits per heavy atom. The highest BCUT2D eigenvalue weighted by molar-refractivity contribution is 6.37. The lowest BCUT2D eigenvalue weighted by molar-refractivity contribution is -0.109. The average Bonchev–Trinajstić information content (AvgIpc) is 2.06. The first-order valence-corrected chi connectivity index (χ1v) is 3.43. The van der Waals surface area contributed by atoms with Crippen molar-refractivity contribution in [2.24, 2.45) is 4.99 Å². The van der Waals surface area contributed by atoms with E-state index in [-0.39, 0.29) is 18.2 Å². The van der Waals surface area contributed by atoms with Crippen molar-refractivity contribution in [3.8, 4) is 0 Å². The van der Waals surface area contributed by atoms with Gasteiger partial charge in [0.25, 0.3) is 0 Å². The minimum absolute atomic E-state index is 0. The summed E-state index contributed by atoms with van der Waals surface area (Å²) in [5.74, 6) is -0.00852. The molecule has 64 valence electrons. The highest BCUT2D eigenvalue weighted by Gasteiger charge is 2.18. The number of halogens is 1. The molecule has 0 bridgehead atoms. The molecule has 4 heteroatoms. The van der Waals surface area contributed by atoms with Gasteiger partial charge in [0, 0.05) is 17.3 Å². The molecule has 2 aliphatic heterocycles. The van der Waals surface area contributed by atoms with Crippen LogP contribution in [0.15, 0.2) is 28.4 Å². The van der Waals surface area contributed by atoms with Crippen LogP contribution < -0.4 is 0 Å². The van der Waals surface area contributed by atoms with E-state index in [1.165, 1.54) is 6.21 Å². The Bertz CT molecular complexity index is 291. The number of Topliss-reactive ketones (excluding diaryl/α,β-unsaturated/α-hetero) is 1. The molecule has 2 aliphatic rings. The molecule has 0 aromatic carbocycles. The molecule has 0 aromatic rings. The van der Waals surface area contributed by atoms with Crippen molar-refractivity contribution in [1.82, 2.24) is 0 Å². The molecule has 0 spiro atoms. The molecular weight excluding hydrogens is 178 g/mol. The number of ether oxygens (including phenoxy) is 1. The van der Waals surface area contributed by atoms with Gasteiger partial charge in [0.1, 0.15) is 0 Å². The maximum Gasteiger partial charge on any atom is 0.204 e. The van der Waals surface area contributed by atoms with Gasteiger partial charge in [-0.15, -0.1) is 12.4 Å². The summed E-state index contributed by atoms with van der Waals surface area (Å²) < 4.78 is 5.12. The number of fused-ring (bicyclic) bond motifs is 1. The normalized spacial score (nSPS) is 20.5. The van der Waals surface area contributed by atoms with Crippen LogP contribution in [0.5, 0.6) is 0 Å². The molecular formula is C8H8ClNO2. The molecule has 0 saturated carbocycles. The topological polar surface area (TPSA) is 38.7 Å². The van der Waals surface area contributed by atoms with Gasteiger partial charge < -0.3 is 4.74 Å². The first-order valence-electron chi connectivity index (χ1n) is 3.43. The SMILES string of the molecule is Cl.O=C1C=NC=C2COCC=C12. The smallest absolute Gasteiger partial charge is 0.204 e. The Labute approximate surface area is 76.2 Å². The average molecular weight is 186 g/mol. The fraction of sp³-hybridized carbons (Fsp3) is 0.250. The molecule has 2 rings (SSSR count). The van der Waals surface area contributed by atoms with Gasteiger partial charge in [0.2, 0.25) is 5.78 Å². The van der Waals surface area contributed by atoms with Gasteiger partial charge >= 0.3 is 0 Å². The molecule has 3 nitrogen and oxygen atoms in total. The van der Waals surface area contributed by atoms with Crippen LogP contribution in [0, 0.1) is 0 Å². The molecule has 0 aromatic heterocycles. The molecule has 12 heavy (non-hydrogen) atoms. The van der Waals surface area contributed by atoms with Crippen molar-refractivity contribution in [2.45, 2.75) is 0 Å². The molecule has 0 fully saturated rings. The Balaban J connectivity index is 0.000000720. The zero-order valence-electron chi connectivity index (χ0n) is 6.32. The largest absolute Gasteiger partial charge is 0.373 e. The van der Waals surface area contributed by atoms with Gasteiger partial charge in [0.15, 0.2) is 0 Å². The van der Waals surface area contributed by atoms with E-state index in [2.05, 4.69) is 4.99 Å². The summed E-state index contributed by atoms with van der Waals surface area (Å²) in [4.78, 5) is 14.9. The minimum atomic E-state index is -0.00852. The highest BCUT2D eigenvalue weighted by atomic mass is 35.5. The number of hydrogen-bond donors (Lipinski definition) is 0. The summed E-state index contributed by atoms with van der Waals surface area (Å²) in [6.45, 7) is 1.04. The standard InChI is InChI=1S/C8H7NO2.ClH/c10-8-4-9-3-6-5-11-2-1-7(6)8;/h1,3-4H,2,5H2;1H. The Morgan fingerprint density at radius 3 is 3.08 bits per heavy atom. The van der Waals surface area contributed by atoms with E-state index in [1.54, 1.807) is 12.3 Å². The van der Waals surface area contributed by atoms with E-state index >= 15 is 0 Å². The van der Waals surface area contributed by atoms with E-state index in [0.717, 1.165) is 11.1 Å². The summed E-state index contributed by atoms with van der Waals surface area (Å²) >= 11 is 0. The lowest BCUT2D eigenvalue weighted by Crippen LogP contribution is -2.18. The van der Waals surface area contributed by atoms with Crippen molar-refractivity contribution in [2.75, 3.05) is 13.2 Å². The Kier molecular flexibility index (Phi) is 2.78. The summed E-state index contributed by atoms with van der Waals surface area (Å²) in [6.07, 6.45) is 4.80. The van der Waals surface area contributed by atoms with Crippen LogP contribution in [0.2, 0.25) is 0 Å². The van der Waals surface area contributed by atoms with Crippen LogP contribution in [0.25, 0.3) is 0 Å². The van der Waals surface area contributed by atoms with Gasteiger partial charge in [0.05, 0.1) is 19.4 Å². The van der Waals surface area contributed by atoms with Gasteiger partial charge in [-0.25, -0.2) is 0 Å². The summed E-state index contributed by atoms with van der Waals surface area (Å²) in [5, 5.41) is 0. The molecule has 0 saturated heterocycles. The number of carbonyl (C=O) groups excluding carboxylic acids is 1. The van der Waals surface area contributed by atoms with Crippen LogP contribution in [-0.2, 0) is 9.53 Å². The number of nitrogens with zero attached hydrogens (tertiary/aromatic N) is 1. The second kappa shape index (κ2) is 3.65. The van der Waals surface area contributed by atoms with E-state index in [9.17, 15) is 4.79 Å². The van der Waals surface area contributed by atoms with E-state index < -0.39 is 0 Å². The number of rotatable bonds is 0. The van der Waals surface area contributed by atoms with Gasteiger partial charge in [-0.1, -0.05) is 0 Å². The van der Waals surface area contributed by atoms with Crippen LogP contribution in [0.1, 0.15) is 0 Å². The monoisotopic (exact) mass is 185 g/mol. The quantitative estimate of drug-likeness (QED) is 0.563. The van der Waals surface area contributed by atoms with Crippen LogP contribution >= 0.6 is 12.4 Å². The van der Waals surface area contributed by atoms with Crippen molar-refractivity contribution < 1.29 is 9.53 Å². The van der Waals surface area contributed by atoms with E-state index in [1.807, 2.05) is 0 Å².